The number of aliphatic carboxylic acids is 1. The van der Waals surface area contributed by atoms with Gasteiger partial charge in [-0.15, -0.1) is 0 Å². The van der Waals surface area contributed by atoms with E-state index in [0.717, 1.165) is 89.9 Å². The largest absolute Gasteiger partial charge is 0.481 e. The fraction of sp³-hybridized carbons (Fsp3) is 0.684. The van der Waals surface area contributed by atoms with Gasteiger partial charge in [0.25, 0.3) is 0 Å². The summed E-state index contributed by atoms with van der Waals surface area (Å²) in [6, 6.07) is 0. The van der Waals surface area contributed by atoms with Crippen molar-refractivity contribution in [3.63, 3.8) is 0 Å². The second-order valence-electron chi connectivity index (χ2n) is 11.3. The predicted molar refractivity (Wildman–Crippen MR) is 181 cm³/mol. The summed E-state index contributed by atoms with van der Waals surface area (Å²) in [4.78, 5) is 23.1. The molecule has 0 aliphatic rings. The molecular formula is C38H64O4. The quantitative estimate of drug-likeness (QED) is 0.0518. The van der Waals surface area contributed by atoms with Gasteiger partial charge in [-0.1, -0.05) is 133 Å². The lowest BCUT2D eigenvalue weighted by atomic mass is 10.1. The third-order valence-electron chi connectivity index (χ3n) is 7.21. The van der Waals surface area contributed by atoms with Crippen molar-refractivity contribution in [1.29, 1.82) is 0 Å². The maximum atomic E-state index is 12.4. The van der Waals surface area contributed by atoms with Crippen LogP contribution in [0.5, 0.6) is 0 Å². The van der Waals surface area contributed by atoms with Crippen molar-refractivity contribution >= 4 is 11.9 Å². The third-order valence-corrected chi connectivity index (χ3v) is 7.21. The van der Waals surface area contributed by atoms with E-state index in [2.05, 4.69) is 74.6 Å². The summed E-state index contributed by atoms with van der Waals surface area (Å²) in [6.07, 6.45) is 45.5. The van der Waals surface area contributed by atoms with E-state index in [1.54, 1.807) is 0 Å². The van der Waals surface area contributed by atoms with Gasteiger partial charge in [0.15, 0.2) is 0 Å². The molecule has 0 heterocycles. The Labute approximate surface area is 259 Å². The minimum absolute atomic E-state index is 0.0816. The van der Waals surface area contributed by atoms with E-state index in [4.69, 9.17) is 9.84 Å². The Kier molecular flexibility index (Phi) is 31.3. The second-order valence-corrected chi connectivity index (χ2v) is 11.3. The molecule has 0 saturated heterocycles. The smallest absolute Gasteiger partial charge is 0.306 e. The average molecular weight is 585 g/mol. The summed E-state index contributed by atoms with van der Waals surface area (Å²) in [5.41, 5.74) is 0. The topological polar surface area (TPSA) is 63.6 Å². The lowest BCUT2D eigenvalue weighted by molar-refractivity contribution is -0.147. The molecule has 240 valence electrons. The molecule has 42 heavy (non-hydrogen) atoms. The first-order valence-electron chi connectivity index (χ1n) is 17.3. The van der Waals surface area contributed by atoms with E-state index < -0.39 is 5.97 Å². The number of hydrogen-bond donors (Lipinski definition) is 1. The van der Waals surface area contributed by atoms with Gasteiger partial charge in [-0.3, -0.25) is 9.59 Å². The molecule has 1 atom stereocenters. The molecule has 0 aliphatic heterocycles. The highest BCUT2D eigenvalue weighted by Gasteiger charge is 2.11. The first-order valence-corrected chi connectivity index (χ1v) is 17.3. The molecule has 4 nitrogen and oxygen atoms in total. The minimum Gasteiger partial charge on any atom is -0.481 e. The van der Waals surface area contributed by atoms with E-state index in [1.807, 2.05) is 0 Å². The summed E-state index contributed by atoms with van der Waals surface area (Å²) in [5.74, 6) is -0.809. The van der Waals surface area contributed by atoms with Gasteiger partial charge in [-0.2, -0.15) is 0 Å². The van der Waals surface area contributed by atoms with E-state index in [9.17, 15) is 9.59 Å². The third kappa shape index (κ3) is 32.2. The van der Waals surface area contributed by atoms with Crippen molar-refractivity contribution in [2.45, 2.75) is 168 Å². The number of esters is 1. The molecular weight excluding hydrogens is 520 g/mol. The van der Waals surface area contributed by atoms with Gasteiger partial charge in [-0.25, -0.2) is 0 Å². The van der Waals surface area contributed by atoms with Crippen LogP contribution in [-0.2, 0) is 14.3 Å². The molecule has 0 rings (SSSR count). The summed E-state index contributed by atoms with van der Waals surface area (Å²) in [6.45, 7) is 4.34. The van der Waals surface area contributed by atoms with Crippen LogP contribution in [0.4, 0.5) is 0 Å². The van der Waals surface area contributed by atoms with Gasteiger partial charge >= 0.3 is 11.9 Å². The van der Waals surface area contributed by atoms with Gasteiger partial charge < -0.3 is 9.84 Å². The molecule has 0 spiro atoms. The monoisotopic (exact) mass is 584 g/mol. The predicted octanol–water partition coefficient (Wildman–Crippen LogP) is 11.8. The van der Waals surface area contributed by atoms with Crippen molar-refractivity contribution in [3.8, 4) is 0 Å². The first kappa shape index (κ1) is 39.6. The molecule has 0 saturated carbocycles. The van der Waals surface area contributed by atoms with Crippen LogP contribution in [0, 0.1) is 0 Å². The van der Waals surface area contributed by atoms with E-state index >= 15 is 0 Å². The van der Waals surface area contributed by atoms with E-state index in [1.165, 1.54) is 44.9 Å². The van der Waals surface area contributed by atoms with Crippen molar-refractivity contribution in [2.75, 3.05) is 0 Å². The molecule has 0 radical (unpaired) electrons. The van der Waals surface area contributed by atoms with Crippen LogP contribution in [0.1, 0.15) is 162 Å². The number of allylic oxidation sites excluding steroid dienone is 9. The van der Waals surface area contributed by atoms with Crippen molar-refractivity contribution in [2.24, 2.45) is 0 Å². The van der Waals surface area contributed by atoms with Crippen LogP contribution >= 0.6 is 0 Å². The number of carbonyl (C=O) groups is 2. The first-order chi connectivity index (χ1) is 20.6. The Hall–Kier alpha value is -2.36. The fourth-order valence-electron chi connectivity index (χ4n) is 4.66. The Morgan fingerprint density at radius 3 is 1.67 bits per heavy atom. The van der Waals surface area contributed by atoms with Crippen molar-refractivity contribution < 1.29 is 19.4 Å². The minimum atomic E-state index is -0.728. The van der Waals surface area contributed by atoms with E-state index in [0.29, 0.717) is 6.42 Å². The highest BCUT2D eigenvalue weighted by molar-refractivity contribution is 5.69. The molecule has 0 bridgehead atoms. The molecule has 0 aromatic rings. The zero-order valence-corrected chi connectivity index (χ0v) is 27.3. The SMILES string of the molecule is CC/C=C\C/C=C\C/C=C\C/C=C\CCCCCCCCCCC(=O)OC(/C=C\CCCC)CCCCCCC(=O)O. The van der Waals surface area contributed by atoms with Crippen LogP contribution in [0.2, 0.25) is 0 Å². The number of ether oxygens (including phenoxy) is 1. The van der Waals surface area contributed by atoms with Gasteiger partial charge in [0.05, 0.1) is 0 Å². The molecule has 0 fully saturated rings. The number of hydrogen-bond acceptors (Lipinski definition) is 3. The standard InChI is InChI=1S/C38H64O4/c1-3-5-7-9-10-11-12-13-14-15-16-17-18-19-20-21-22-23-24-25-31-35-38(41)42-36(32-28-8-6-4-2)33-29-26-27-30-34-37(39)40/h5,7,10-11,13-14,16-17,28,32,36H,3-4,6,8-9,12,15,18-27,29-31,33-35H2,1-2H3,(H,39,40)/b7-5-,11-10-,14-13-,17-16-,32-28-. The van der Waals surface area contributed by atoms with Crippen LogP contribution in [-0.4, -0.2) is 23.1 Å². The maximum absolute atomic E-state index is 12.4. The average Bonchev–Trinajstić information content (AvgIpc) is 2.97. The number of unbranched alkanes of at least 4 members (excludes halogenated alkanes) is 13. The maximum Gasteiger partial charge on any atom is 0.306 e. The normalized spacial score (nSPS) is 13.0. The zero-order chi connectivity index (χ0) is 30.8. The highest BCUT2D eigenvalue weighted by atomic mass is 16.5. The van der Waals surface area contributed by atoms with Crippen LogP contribution < -0.4 is 0 Å². The summed E-state index contributed by atoms with van der Waals surface area (Å²) in [5, 5.41) is 8.76. The molecule has 0 aromatic carbocycles. The number of carboxylic acid groups (broad SMARTS) is 1. The van der Waals surface area contributed by atoms with E-state index in [-0.39, 0.29) is 18.5 Å². The summed E-state index contributed by atoms with van der Waals surface area (Å²) < 4.78 is 5.79. The Morgan fingerprint density at radius 2 is 1.07 bits per heavy atom. The van der Waals surface area contributed by atoms with Crippen LogP contribution in [0.15, 0.2) is 60.8 Å². The van der Waals surface area contributed by atoms with Gasteiger partial charge in [-0.05, 0) is 76.7 Å². The van der Waals surface area contributed by atoms with Crippen molar-refractivity contribution in [1.82, 2.24) is 0 Å². The Balaban J connectivity index is 3.78. The Bertz CT molecular complexity index is 759. The van der Waals surface area contributed by atoms with Gasteiger partial charge in [0, 0.05) is 12.8 Å². The van der Waals surface area contributed by atoms with Gasteiger partial charge in [0.1, 0.15) is 6.10 Å². The lowest BCUT2D eigenvalue weighted by Gasteiger charge is -2.15. The fourth-order valence-corrected chi connectivity index (χ4v) is 4.66. The number of rotatable bonds is 30. The lowest BCUT2D eigenvalue weighted by Crippen LogP contribution is -2.16. The highest BCUT2D eigenvalue weighted by Crippen LogP contribution is 2.15. The molecule has 0 aliphatic carbocycles. The zero-order valence-electron chi connectivity index (χ0n) is 27.3. The van der Waals surface area contributed by atoms with Crippen LogP contribution in [0.3, 0.4) is 0 Å². The van der Waals surface area contributed by atoms with Crippen molar-refractivity contribution in [3.05, 3.63) is 60.8 Å². The second kappa shape index (κ2) is 33.1. The molecule has 1 N–H and O–H groups in total. The molecule has 4 heteroatoms. The molecule has 1 unspecified atom stereocenters. The Morgan fingerprint density at radius 1 is 0.571 bits per heavy atom. The van der Waals surface area contributed by atoms with Gasteiger partial charge in [0.2, 0.25) is 0 Å². The molecule has 0 amide bonds. The summed E-state index contributed by atoms with van der Waals surface area (Å²) >= 11 is 0. The summed E-state index contributed by atoms with van der Waals surface area (Å²) in [7, 11) is 0. The molecule has 0 aromatic heterocycles. The number of carbonyl (C=O) groups excluding carboxylic acids is 1. The van der Waals surface area contributed by atoms with Crippen LogP contribution in [0.25, 0.3) is 0 Å². The number of carboxylic acids is 1.